The van der Waals surface area contributed by atoms with Gasteiger partial charge in [-0.1, -0.05) is 108 Å². The zero-order valence-electron chi connectivity index (χ0n) is 20.1. The molecular weight excluding hydrogens is 568 g/mol. The summed E-state index contributed by atoms with van der Waals surface area (Å²) in [6.45, 7) is 4.95. The van der Waals surface area contributed by atoms with Gasteiger partial charge in [0.1, 0.15) is 10.3 Å². The fourth-order valence-electron chi connectivity index (χ4n) is 4.01. The Morgan fingerprint density at radius 2 is 1.14 bits per heavy atom. The van der Waals surface area contributed by atoms with E-state index >= 15 is 0 Å². The summed E-state index contributed by atoms with van der Waals surface area (Å²) in [7, 11) is 0. The molecule has 0 fully saturated rings. The summed E-state index contributed by atoms with van der Waals surface area (Å²) in [4.78, 5) is 10.5. The third-order valence-electron chi connectivity index (χ3n) is 5.97. The van der Waals surface area contributed by atoms with Gasteiger partial charge in [0.25, 0.3) is 0 Å². The summed E-state index contributed by atoms with van der Waals surface area (Å²) in [6.07, 6.45) is 3.15. The number of halogens is 5. The van der Waals surface area contributed by atoms with Crippen LogP contribution < -0.4 is 0 Å². The first kappa shape index (κ1) is 27.9. The average Bonchev–Trinajstić information content (AvgIpc) is 2.93. The molecule has 0 atom stereocenters. The lowest BCUT2D eigenvalue weighted by molar-refractivity contribution is 0.271. The Morgan fingerprint density at radius 3 is 1.68 bits per heavy atom. The zero-order chi connectivity index (χ0) is 26.4. The van der Waals surface area contributed by atoms with Gasteiger partial charge in [0.05, 0.1) is 10.0 Å². The van der Waals surface area contributed by atoms with Gasteiger partial charge >= 0.3 is 0 Å². The predicted molar refractivity (Wildman–Crippen MR) is 159 cm³/mol. The van der Waals surface area contributed by atoms with Crippen LogP contribution in [0.2, 0.25) is 20.4 Å². The van der Waals surface area contributed by atoms with Crippen LogP contribution in [0, 0.1) is 0 Å². The largest absolute Gasteiger partial charge is 0.295 e. The maximum absolute atomic E-state index is 6.22. The first-order valence-corrected chi connectivity index (χ1v) is 13.7. The highest BCUT2D eigenvalue weighted by molar-refractivity contribution is 6.40. The van der Waals surface area contributed by atoms with Crippen molar-refractivity contribution in [3.05, 3.63) is 116 Å². The normalized spacial score (nSPS) is 11.1. The minimum Gasteiger partial charge on any atom is -0.295 e. The molecule has 0 amide bonds. The van der Waals surface area contributed by atoms with E-state index in [1.54, 1.807) is 12.4 Å². The molecule has 5 aromatic rings. The number of pyridine rings is 2. The van der Waals surface area contributed by atoms with E-state index in [-0.39, 0.29) is 0 Å². The van der Waals surface area contributed by atoms with Crippen LogP contribution in [0.25, 0.3) is 21.5 Å². The van der Waals surface area contributed by atoms with E-state index in [0.717, 1.165) is 46.7 Å². The molecule has 2 aromatic heterocycles. The summed E-state index contributed by atoms with van der Waals surface area (Å²) in [5.41, 5.74) is 3.53. The second-order valence-corrected chi connectivity index (χ2v) is 10.3. The van der Waals surface area contributed by atoms with Crippen LogP contribution in [-0.2, 0) is 19.0 Å². The first-order chi connectivity index (χ1) is 17.9. The highest BCUT2D eigenvalue weighted by Crippen LogP contribution is 2.30. The van der Waals surface area contributed by atoms with Gasteiger partial charge in [-0.2, -0.15) is 0 Å². The molecule has 0 saturated heterocycles. The van der Waals surface area contributed by atoms with E-state index in [2.05, 4.69) is 58.2 Å². The van der Waals surface area contributed by atoms with Gasteiger partial charge in [0, 0.05) is 52.9 Å². The minimum absolute atomic E-state index is 0.455. The van der Waals surface area contributed by atoms with Crippen molar-refractivity contribution >= 4 is 79.5 Å². The second-order valence-electron chi connectivity index (χ2n) is 8.48. The average molecular weight is 592 g/mol. The maximum atomic E-state index is 6.22. The van der Waals surface area contributed by atoms with E-state index < -0.39 is 0 Å². The summed E-state index contributed by atoms with van der Waals surface area (Å²) < 4.78 is 0. The van der Waals surface area contributed by atoms with E-state index in [4.69, 9.17) is 58.0 Å². The van der Waals surface area contributed by atoms with Crippen molar-refractivity contribution < 1.29 is 0 Å². The van der Waals surface area contributed by atoms with Gasteiger partial charge in [-0.3, -0.25) is 4.90 Å². The predicted octanol–water partition coefficient (Wildman–Crippen LogP) is 9.84. The zero-order valence-corrected chi connectivity index (χ0v) is 23.8. The van der Waals surface area contributed by atoms with Gasteiger partial charge in [0.2, 0.25) is 0 Å². The third kappa shape index (κ3) is 7.06. The van der Waals surface area contributed by atoms with E-state index in [1.807, 2.05) is 30.3 Å². The Labute approximate surface area is 241 Å². The highest BCUT2D eigenvalue weighted by Gasteiger charge is 2.09. The van der Waals surface area contributed by atoms with Crippen molar-refractivity contribution in [3.8, 4) is 0 Å². The molecule has 0 aliphatic carbocycles. The van der Waals surface area contributed by atoms with Crippen LogP contribution in [0.15, 0.2) is 79.1 Å². The first-order valence-electron chi connectivity index (χ1n) is 11.7. The van der Waals surface area contributed by atoms with Crippen molar-refractivity contribution in [3.63, 3.8) is 0 Å². The number of rotatable bonds is 6. The van der Waals surface area contributed by atoms with Crippen LogP contribution in [0.4, 0.5) is 0 Å². The summed E-state index contributed by atoms with van der Waals surface area (Å²) in [5.74, 6) is 0.457. The van der Waals surface area contributed by atoms with E-state index in [9.17, 15) is 0 Å². The van der Waals surface area contributed by atoms with Crippen molar-refractivity contribution in [2.24, 2.45) is 0 Å². The number of aromatic nitrogens is 2. The topological polar surface area (TPSA) is 29.0 Å². The highest BCUT2D eigenvalue weighted by atomic mass is 35.5. The molecule has 0 spiro atoms. The van der Waals surface area contributed by atoms with Crippen LogP contribution in [0.3, 0.4) is 0 Å². The molecule has 5 rings (SSSR count). The smallest absolute Gasteiger partial charge is 0.136 e. The number of nitrogens with zero attached hydrogens (tertiary/aromatic N) is 3. The fourth-order valence-corrected chi connectivity index (χ4v) is 5.01. The number of hydrogen-bond donors (Lipinski definition) is 0. The molecule has 8 heteroatoms. The quantitative estimate of drug-likeness (QED) is 0.145. The minimum atomic E-state index is 0.455. The Balaban J connectivity index is 0.000000195. The Bertz CT molecular complexity index is 1510. The second kappa shape index (κ2) is 13.1. The fraction of sp³-hybridized carbons (Fsp3) is 0.172. The molecule has 0 unspecified atom stereocenters. The van der Waals surface area contributed by atoms with Gasteiger partial charge in [0.15, 0.2) is 0 Å². The molecule has 3 nitrogen and oxygen atoms in total. The van der Waals surface area contributed by atoms with Crippen LogP contribution in [0.5, 0.6) is 0 Å². The molecule has 0 radical (unpaired) electrons. The number of hydrogen-bond acceptors (Lipinski definition) is 3. The monoisotopic (exact) mass is 589 g/mol. The molecule has 0 aliphatic rings. The standard InChI is InChI=1S/C19H18Cl2N2.C10H6Cl3N/c1-2-23(12-14-6-4-3-5-7-14)13-15-8-9-16-17(10-15)19(21)22-11-18(16)20;11-4-6-1-2-7-8(3-6)10(13)14-5-9(7)12/h3-11H,2,12-13H2,1H3;1-3,5H,4H2. The summed E-state index contributed by atoms with van der Waals surface area (Å²) >= 11 is 30.0. The molecule has 3 aromatic carbocycles. The molecule has 2 heterocycles. The van der Waals surface area contributed by atoms with E-state index in [1.165, 1.54) is 11.1 Å². The van der Waals surface area contributed by atoms with Crippen molar-refractivity contribution in [1.82, 2.24) is 14.9 Å². The summed E-state index contributed by atoms with van der Waals surface area (Å²) in [6, 6.07) is 22.5. The molecule has 37 heavy (non-hydrogen) atoms. The van der Waals surface area contributed by atoms with Crippen molar-refractivity contribution in [2.75, 3.05) is 6.54 Å². The van der Waals surface area contributed by atoms with Gasteiger partial charge in [-0.25, -0.2) is 9.97 Å². The SMILES string of the molecule is CCN(Cc1ccccc1)Cc1ccc2c(Cl)cnc(Cl)c2c1.ClCc1ccc2c(Cl)cnc(Cl)c2c1. The van der Waals surface area contributed by atoms with Crippen molar-refractivity contribution in [1.29, 1.82) is 0 Å². The van der Waals surface area contributed by atoms with Crippen LogP contribution >= 0.6 is 58.0 Å². The van der Waals surface area contributed by atoms with Crippen LogP contribution in [-0.4, -0.2) is 21.4 Å². The number of alkyl halides is 1. The molecule has 0 aliphatic heterocycles. The molecule has 0 N–H and O–H groups in total. The van der Waals surface area contributed by atoms with Crippen LogP contribution in [0.1, 0.15) is 23.6 Å². The molecule has 0 bridgehead atoms. The lowest BCUT2D eigenvalue weighted by atomic mass is 10.1. The van der Waals surface area contributed by atoms with Crippen molar-refractivity contribution in [2.45, 2.75) is 25.9 Å². The Hall–Kier alpha value is -2.11. The number of fused-ring (bicyclic) bond motifs is 2. The lowest BCUT2D eigenvalue weighted by Crippen LogP contribution is -2.22. The molecule has 0 saturated carbocycles. The van der Waals surface area contributed by atoms with Gasteiger partial charge < -0.3 is 0 Å². The summed E-state index contributed by atoms with van der Waals surface area (Å²) in [5, 5.41) is 5.79. The molecular formula is C29H24Cl5N3. The van der Waals surface area contributed by atoms with E-state index in [0.29, 0.717) is 26.2 Å². The third-order valence-corrected chi connectivity index (χ3v) is 7.48. The number of benzene rings is 3. The Kier molecular flexibility index (Phi) is 9.89. The van der Waals surface area contributed by atoms with Gasteiger partial charge in [-0.05, 0) is 35.4 Å². The van der Waals surface area contributed by atoms with Gasteiger partial charge in [-0.15, -0.1) is 11.6 Å². The lowest BCUT2D eigenvalue weighted by Gasteiger charge is -2.21. The molecule has 190 valence electrons. The maximum Gasteiger partial charge on any atom is 0.136 e. The Morgan fingerprint density at radius 1 is 0.622 bits per heavy atom.